The van der Waals surface area contributed by atoms with Crippen molar-refractivity contribution in [1.29, 1.82) is 0 Å². The summed E-state index contributed by atoms with van der Waals surface area (Å²) in [5.74, 6) is -0.314. The molecule has 1 aliphatic rings. The summed E-state index contributed by atoms with van der Waals surface area (Å²) in [5.41, 5.74) is -0.0614. The molecule has 0 aliphatic carbocycles. The Bertz CT molecular complexity index is 961. The Hall–Kier alpha value is -2.04. The van der Waals surface area contributed by atoms with Gasteiger partial charge in [-0.15, -0.1) is 0 Å². The molecule has 9 nitrogen and oxygen atoms in total. The van der Waals surface area contributed by atoms with Crippen molar-refractivity contribution in [2.75, 3.05) is 5.32 Å². The number of fused-ring (bicyclic) bond motifs is 1. The van der Waals surface area contributed by atoms with Gasteiger partial charge in [0.05, 0.1) is 20.5 Å². The predicted molar refractivity (Wildman–Crippen MR) is 109 cm³/mol. The molecule has 10 heteroatoms. The lowest BCUT2D eigenvalue weighted by molar-refractivity contribution is -0.114. The molecule has 154 valence electrons. The Morgan fingerprint density at radius 3 is 2.61 bits per heavy atom. The number of hydrogen-bond donors (Lipinski definition) is 3. The fourth-order valence-corrected chi connectivity index (χ4v) is 7.19. The number of aliphatic hydroxyl groups excluding tert-OH is 1. The zero-order valence-electron chi connectivity index (χ0n) is 17.4. The highest BCUT2D eigenvalue weighted by molar-refractivity contribution is 6.81. The maximum absolute atomic E-state index is 12.3. The predicted octanol–water partition coefficient (Wildman–Crippen LogP) is 2.23. The number of rotatable bonds is 3. The first-order chi connectivity index (χ1) is 12.8. The molecule has 1 fully saturated rings. The standard InChI is InChI=1S/C18H29N5O4Si/c1-9-13(28(6,7)18(3,4)5)12(25)16(27-9)23-8-19-11-14(23)21-17(20-10(2)24)22-15(11)26/h8-9,12-13,16,25H,1-7H3,(H2,20,21,22,24,26)/t9-,12+,13?,16-/m1/s1. The van der Waals surface area contributed by atoms with Gasteiger partial charge in [-0.25, -0.2) is 4.98 Å². The van der Waals surface area contributed by atoms with Gasteiger partial charge in [-0.05, 0) is 12.0 Å². The van der Waals surface area contributed by atoms with Crippen LogP contribution in [-0.2, 0) is 9.53 Å². The lowest BCUT2D eigenvalue weighted by Crippen LogP contribution is -2.48. The third kappa shape index (κ3) is 3.29. The lowest BCUT2D eigenvalue weighted by Gasteiger charge is -2.44. The Balaban J connectivity index is 2.05. The van der Waals surface area contributed by atoms with Gasteiger partial charge in [-0.2, -0.15) is 4.98 Å². The highest BCUT2D eigenvalue weighted by Gasteiger charge is 2.54. The van der Waals surface area contributed by atoms with Gasteiger partial charge in [0, 0.05) is 12.5 Å². The smallest absolute Gasteiger partial charge is 0.280 e. The van der Waals surface area contributed by atoms with Crippen LogP contribution in [0, 0.1) is 0 Å². The van der Waals surface area contributed by atoms with Crippen molar-refractivity contribution in [3.8, 4) is 0 Å². The number of aromatic amines is 1. The molecule has 0 spiro atoms. The number of aromatic nitrogens is 4. The Morgan fingerprint density at radius 2 is 2.04 bits per heavy atom. The van der Waals surface area contributed by atoms with Gasteiger partial charge in [0.2, 0.25) is 11.9 Å². The van der Waals surface area contributed by atoms with E-state index < -0.39 is 26.0 Å². The molecule has 0 radical (unpaired) electrons. The summed E-state index contributed by atoms with van der Waals surface area (Å²) in [6.45, 7) is 14.5. The fraction of sp³-hybridized carbons (Fsp3) is 0.667. The van der Waals surface area contributed by atoms with Crippen LogP contribution >= 0.6 is 0 Å². The number of ether oxygens (including phenoxy) is 1. The van der Waals surface area contributed by atoms with Gasteiger partial charge in [0.1, 0.15) is 6.10 Å². The van der Waals surface area contributed by atoms with Gasteiger partial charge >= 0.3 is 0 Å². The van der Waals surface area contributed by atoms with E-state index in [1.807, 2.05) is 6.92 Å². The van der Waals surface area contributed by atoms with E-state index in [1.165, 1.54) is 13.3 Å². The molecular formula is C18H29N5O4Si. The molecule has 1 aliphatic heterocycles. The van der Waals surface area contributed by atoms with E-state index in [2.05, 4.69) is 54.1 Å². The highest BCUT2D eigenvalue weighted by atomic mass is 28.3. The first-order valence-electron chi connectivity index (χ1n) is 9.42. The number of amides is 1. The third-order valence-electron chi connectivity index (χ3n) is 6.29. The minimum atomic E-state index is -1.92. The van der Waals surface area contributed by atoms with Gasteiger partial charge in [0.25, 0.3) is 5.56 Å². The van der Waals surface area contributed by atoms with Crippen LogP contribution in [0.2, 0.25) is 23.7 Å². The minimum Gasteiger partial charge on any atom is -0.388 e. The van der Waals surface area contributed by atoms with E-state index in [4.69, 9.17) is 4.74 Å². The molecule has 28 heavy (non-hydrogen) atoms. The summed E-state index contributed by atoms with van der Waals surface area (Å²) in [6.07, 6.45) is -0.133. The van der Waals surface area contributed by atoms with Crippen LogP contribution in [0.5, 0.6) is 0 Å². The van der Waals surface area contributed by atoms with Crippen molar-refractivity contribution in [3.05, 3.63) is 16.7 Å². The molecule has 1 amide bonds. The van der Waals surface area contributed by atoms with Crippen molar-refractivity contribution in [3.63, 3.8) is 0 Å². The normalized spacial score (nSPS) is 26.0. The molecule has 3 heterocycles. The van der Waals surface area contributed by atoms with Gasteiger partial charge in [-0.1, -0.05) is 33.9 Å². The van der Waals surface area contributed by atoms with E-state index >= 15 is 0 Å². The minimum absolute atomic E-state index is 0.00626. The number of nitrogens with one attached hydrogen (secondary N) is 2. The van der Waals surface area contributed by atoms with Gasteiger partial charge in [-0.3, -0.25) is 24.5 Å². The molecule has 0 bridgehead atoms. The maximum Gasteiger partial charge on any atom is 0.280 e. The second-order valence-electron chi connectivity index (χ2n) is 9.14. The van der Waals surface area contributed by atoms with Crippen LogP contribution in [0.3, 0.4) is 0 Å². The molecule has 2 aromatic heterocycles. The number of anilines is 1. The number of carbonyl (C=O) groups is 1. The number of nitrogens with zero attached hydrogens (tertiary/aromatic N) is 3. The van der Waals surface area contributed by atoms with Gasteiger partial charge < -0.3 is 9.84 Å². The lowest BCUT2D eigenvalue weighted by atomic mass is 10.2. The molecule has 1 saturated heterocycles. The number of H-pyrrole nitrogens is 1. The molecule has 3 rings (SSSR count). The first kappa shape index (κ1) is 20.7. The van der Waals surface area contributed by atoms with Crippen molar-refractivity contribution in [1.82, 2.24) is 19.5 Å². The first-order valence-corrected chi connectivity index (χ1v) is 12.5. The third-order valence-corrected chi connectivity index (χ3v) is 12.6. The number of imidazole rings is 1. The molecule has 2 aromatic rings. The SMILES string of the molecule is CC(=O)Nc1nc2c(ncn2[C@@H]2O[C@H](C)C([Si](C)(C)C(C)(C)C)[C@@H]2O)c(=O)[nH]1. The van der Waals surface area contributed by atoms with Crippen molar-refractivity contribution < 1.29 is 14.6 Å². The Morgan fingerprint density at radius 1 is 1.39 bits per heavy atom. The van der Waals surface area contributed by atoms with Crippen molar-refractivity contribution in [2.24, 2.45) is 0 Å². The molecular weight excluding hydrogens is 378 g/mol. The highest BCUT2D eigenvalue weighted by Crippen LogP contribution is 2.52. The fourth-order valence-electron chi connectivity index (χ4n) is 3.92. The summed E-state index contributed by atoms with van der Waals surface area (Å²) < 4.78 is 7.74. The van der Waals surface area contributed by atoms with E-state index in [-0.39, 0.29) is 39.7 Å². The second kappa shape index (κ2) is 6.78. The molecule has 4 atom stereocenters. The maximum atomic E-state index is 12.3. The summed E-state index contributed by atoms with van der Waals surface area (Å²) in [6, 6.07) is 0. The monoisotopic (exact) mass is 407 g/mol. The Kier molecular flexibility index (Phi) is 5.01. The molecule has 0 aromatic carbocycles. The van der Waals surface area contributed by atoms with Crippen LogP contribution in [0.25, 0.3) is 11.2 Å². The van der Waals surface area contributed by atoms with E-state index in [9.17, 15) is 14.7 Å². The van der Waals surface area contributed by atoms with E-state index in [1.54, 1.807) is 4.57 Å². The summed E-state index contributed by atoms with van der Waals surface area (Å²) in [4.78, 5) is 34.6. The number of aliphatic hydroxyl groups is 1. The number of carbonyl (C=O) groups excluding carboxylic acids is 1. The van der Waals surface area contributed by atoms with Crippen LogP contribution in [0.4, 0.5) is 5.95 Å². The summed E-state index contributed by atoms with van der Waals surface area (Å²) >= 11 is 0. The van der Waals surface area contributed by atoms with Crippen molar-refractivity contribution >= 4 is 31.1 Å². The van der Waals surface area contributed by atoms with E-state index in [0.29, 0.717) is 0 Å². The average Bonchev–Trinajstić information content (AvgIpc) is 3.06. The zero-order chi connectivity index (χ0) is 21.0. The summed E-state index contributed by atoms with van der Waals surface area (Å²) in [7, 11) is -1.92. The van der Waals surface area contributed by atoms with Crippen LogP contribution < -0.4 is 10.9 Å². The average molecular weight is 408 g/mol. The van der Waals surface area contributed by atoms with Crippen molar-refractivity contribution in [2.45, 2.75) is 76.7 Å². The second-order valence-corrected chi connectivity index (χ2v) is 14.7. The van der Waals surface area contributed by atoms with Crippen LogP contribution in [0.1, 0.15) is 40.8 Å². The molecule has 3 N–H and O–H groups in total. The van der Waals surface area contributed by atoms with E-state index in [0.717, 1.165) is 0 Å². The van der Waals surface area contributed by atoms with Crippen LogP contribution in [-0.4, -0.2) is 50.8 Å². The largest absolute Gasteiger partial charge is 0.388 e. The topological polar surface area (TPSA) is 122 Å². The summed E-state index contributed by atoms with van der Waals surface area (Å²) in [5, 5.41) is 13.8. The molecule has 1 unspecified atom stereocenters. The van der Waals surface area contributed by atoms with Crippen LogP contribution in [0.15, 0.2) is 11.1 Å². The van der Waals surface area contributed by atoms with Gasteiger partial charge in [0.15, 0.2) is 17.4 Å². The Labute approximate surface area is 164 Å². The quantitative estimate of drug-likeness (QED) is 0.671. The zero-order valence-corrected chi connectivity index (χ0v) is 18.4. The number of hydrogen-bond acceptors (Lipinski definition) is 6. The molecule has 0 saturated carbocycles.